The number of hydrogen-bond acceptors (Lipinski definition) is 2. The molecule has 24 heavy (non-hydrogen) atoms. The van der Waals surface area contributed by atoms with Crippen molar-refractivity contribution in [2.75, 3.05) is 0 Å². The minimum Gasteiger partial charge on any atom is -0.252 e. The molecule has 0 unspecified atom stereocenters. The van der Waals surface area contributed by atoms with Crippen LogP contribution in [0.3, 0.4) is 0 Å². The molecule has 0 N–H and O–H groups in total. The molecular formula is C22H14N2. The fraction of sp³-hybridized carbons (Fsp3) is 0.0909. The van der Waals surface area contributed by atoms with Crippen LogP contribution >= 0.6 is 0 Å². The molecule has 0 aromatic heterocycles. The van der Waals surface area contributed by atoms with Crippen molar-refractivity contribution in [1.29, 1.82) is 0 Å². The summed E-state index contributed by atoms with van der Waals surface area (Å²) in [5.74, 6) is 0. The fourth-order valence-corrected chi connectivity index (χ4v) is 4.19. The van der Waals surface area contributed by atoms with Gasteiger partial charge < -0.3 is 0 Å². The van der Waals surface area contributed by atoms with E-state index in [-0.39, 0.29) is 0 Å². The van der Waals surface area contributed by atoms with E-state index in [1.54, 1.807) is 0 Å². The van der Waals surface area contributed by atoms with Gasteiger partial charge in [0.1, 0.15) is 0 Å². The Hall–Kier alpha value is -3.00. The molecule has 0 spiro atoms. The molecule has 2 aromatic carbocycles. The van der Waals surface area contributed by atoms with Gasteiger partial charge in [-0.1, -0.05) is 48.6 Å². The summed E-state index contributed by atoms with van der Waals surface area (Å²) in [7, 11) is 0. The van der Waals surface area contributed by atoms with Crippen LogP contribution in [0.1, 0.15) is 24.0 Å². The molecular weight excluding hydrogens is 292 g/mol. The van der Waals surface area contributed by atoms with Crippen LogP contribution in [0.25, 0.3) is 21.9 Å². The lowest BCUT2D eigenvalue weighted by Crippen LogP contribution is -2.00. The monoisotopic (exact) mass is 306 g/mol. The first-order valence-corrected chi connectivity index (χ1v) is 8.40. The van der Waals surface area contributed by atoms with Gasteiger partial charge in [0, 0.05) is 35.1 Å². The summed E-state index contributed by atoms with van der Waals surface area (Å²) in [6.07, 6.45) is 14.9. The molecule has 0 saturated heterocycles. The van der Waals surface area contributed by atoms with E-state index < -0.39 is 0 Å². The van der Waals surface area contributed by atoms with Crippen LogP contribution in [0.15, 0.2) is 70.7 Å². The number of nitrogens with zero attached hydrogens (tertiary/aromatic N) is 2. The molecule has 2 heteroatoms. The van der Waals surface area contributed by atoms with Gasteiger partial charge in [-0.2, -0.15) is 0 Å². The van der Waals surface area contributed by atoms with Crippen molar-refractivity contribution in [3.05, 3.63) is 71.8 Å². The quantitative estimate of drug-likeness (QED) is 0.596. The fourth-order valence-electron chi connectivity index (χ4n) is 4.19. The van der Waals surface area contributed by atoms with E-state index in [1.807, 2.05) is 0 Å². The molecule has 0 radical (unpaired) electrons. The maximum atomic E-state index is 4.84. The van der Waals surface area contributed by atoms with E-state index in [1.165, 1.54) is 44.5 Å². The number of allylic oxidation sites excluding steroid dienone is 8. The van der Waals surface area contributed by atoms with Crippen molar-refractivity contribution in [1.82, 2.24) is 0 Å². The number of fused-ring (bicyclic) bond motifs is 9. The van der Waals surface area contributed by atoms with Gasteiger partial charge in [-0.25, -0.2) is 0 Å². The van der Waals surface area contributed by atoms with Crippen LogP contribution in [0, 0.1) is 0 Å². The van der Waals surface area contributed by atoms with Crippen molar-refractivity contribution < 1.29 is 0 Å². The zero-order chi connectivity index (χ0) is 15.7. The third kappa shape index (κ3) is 1.46. The van der Waals surface area contributed by atoms with Crippen LogP contribution in [-0.2, 0) is 0 Å². The van der Waals surface area contributed by atoms with Crippen molar-refractivity contribution in [3.8, 4) is 0 Å². The Bertz CT molecular complexity index is 1040. The molecule has 2 aliphatic carbocycles. The van der Waals surface area contributed by atoms with Crippen molar-refractivity contribution in [2.24, 2.45) is 9.98 Å². The number of rotatable bonds is 0. The Morgan fingerprint density at radius 2 is 1.12 bits per heavy atom. The summed E-state index contributed by atoms with van der Waals surface area (Å²) in [5.41, 5.74) is 9.73. The second-order valence-corrected chi connectivity index (χ2v) is 6.56. The highest BCUT2D eigenvalue weighted by Crippen LogP contribution is 2.47. The average molecular weight is 306 g/mol. The maximum Gasteiger partial charge on any atom is 0.0718 e. The van der Waals surface area contributed by atoms with Crippen molar-refractivity contribution in [2.45, 2.75) is 12.8 Å². The minimum atomic E-state index is 0.927. The second-order valence-electron chi connectivity index (χ2n) is 6.56. The lowest BCUT2D eigenvalue weighted by molar-refractivity contribution is 1.44. The van der Waals surface area contributed by atoms with E-state index in [0.717, 1.165) is 24.2 Å². The van der Waals surface area contributed by atoms with Gasteiger partial charge in [-0.3, -0.25) is 9.98 Å². The van der Waals surface area contributed by atoms with E-state index in [9.17, 15) is 0 Å². The first-order chi connectivity index (χ1) is 11.9. The maximum absolute atomic E-state index is 4.84. The van der Waals surface area contributed by atoms with Crippen LogP contribution in [0.4, 0.5) is 11.4 Å². The molecule has 112 valence electrons. The summed E-state index contributed by atoms with van der Waals surface area (Å²) in [6.45, 7) is 0. The molecule has 0 fully saturated rings. The molecule has 0 atom stereocenters. The van der Waals surface area contributed by atoms with Gasteiger partial charge in [0.05, 0.1) is 22.8 Å². The molecule has 2 aromatic rings. The number of hydrogen-bond donors (Lipinski definition) is 0. The minimum absolute atomic E-state index is 0.927. The Kier molecular flexibility index (Phi) is 2.22. The Morgan fingerprint density at radius 3 is 1.62 bits per heavy atom. The van der Waals surface area contributed by atoms with E-state index in [0.29, 0.717) is 0 Å². The zero-order valence-corrected chi connectivity index (χ0v) is 13.1. The third-order valence-electron chi connectivity index (χ3n) is 5.25. The zero-order valence-electron chi connectivity index (χ0n) is 13.1. The topological polar surface area (TPSA) is 24.7 Å². The van der Waals surface area contributed by atoms with Gasteiger partial charge in [0.25, 0.3) is 0 Å². The summed E-state index contributed by atoms with van der Waals surface area (Å²) < 4.78 is 0. The van der Waals surface area contributed by atoms with Gasteiger partial charge in [0.15, 0.2) is 0 Å². The predicted molar refractivity (Wildman–Crippen MR) is 102 cm³/mol. The SMILES string of the molecule is C1=CCC2=Nc3ccc4c5c(ccc4c3C2=C1)N=C1CC=CC=C15. The molecule has 0 bridgehead atoms. The Balaban J connectivity index is 1.69. The van der Waals surface area contributed by atoms with Crippen molar-refractivity contribution >= 4 is 44.7 Å². The first-order valence-electron chi connectivity index (χ1n) is 8.40. The van der Waals surface area contributed by atoms with E-state index in [2.05, 4.69) is 60.7 Å². The van der Waals surface area contributed by atoms with Gasteiger partial charge in [0.2, 0.25) is 0 Å². The highest BCUT2D eigenvalue weighted by molar-refractivity contribution is 6.36. The van der Waals surface area contributed by atoms with Crippen molar-refractivity contribution in [3.63, 3.8) is 0 Å². The molecule has 2 aliphatic heterocycles. The molecule has 2 nitrogen and oxygen atoms in total. The Morgan fingerprint density at radius 1 is 0.625 bits per heavy atom. The molecule has 2 heterocycles. The van der Waals surface area contributed by atoms with Gasteiger partial charge >= 0.3 is 0 Å². The average Bonchev–Trinajstić information content (AvgIpc) is 3.19. The summed E-state index contributed by atoms with van der Waals surface area (Å²) >= 11 is 0. The summed E-state index contributed by atoms with van der Waals surface area (Å²) in [5, 5.41) is 2.58. The second kappa shape index (κ2) is 4.30. The third-order valence-corrected chi connectivity index (χ3v) is 5.25. The smallest absolute Gasteiger partial charge is 0.0718 e. The van der Waals surface area contributed by atoms with Crippen LogP contribution in [0.5, 0.6) is 0 Å². The molecule has 0 saturated carbocycles. The highest BCUT2D eigenvalue weighted by atomic mass is 14.8. The largest absolute Gasteiger partial charge is 0.252 e. The molecule has 4 aliphatic rings. The predicted octanol–water partition coefficient (Wildman–Crippen LogP) is 5.70. The van der Waals surface area contributed by atoms with Crippen LogP contribution < -0.4 is 0 Å². The first kappa shape index (κ1) is 12.4. The normalized spacial score (nSPS) is 19.2. The summed E-state index contributed by atoms with van der Waals surface area (Å²) in [6, 6.07) is 8.78. The van der Waals surface area contributed by atoms with Gasteiger partial charge in [-0.15, -0.1) is 0 Å². The number of benzene rings is 2. The standard InChI is InChI=1S/C22H14N2/c1-3-7-17-15(5-1)21-13-9-12-20-22(14(13)10-11-19(21)23-17)16-6-2-4-8-18(16)24-20/h1-6,9-12H,7-8H2. The van der Waals surface area contributed by atoms with Crippen LogP contribution in [-0.4, -0.2) is 11.4 Å². The summed E-state index contributed by atoms with van der Waals surface area (Å²) in [4.78, 5) is 9.68. The lowest BCUT2D eigenvalue weighted by atomic mass is 9.88. The van der Waals surface area contributed by atoms with Gasteiger partial charge in [-0.05, 0) is 22.9 Å². The highest BCUT2D eigenvalue weighted by Gasteiger charge is 2.27. The lowest BCUT2D eigenvalue weighted by Gasteiger charge is -2.13. The van der Waals surface area contributed by atoms with Crippen LogP contribution in [0.2, 0.25) is 0 Å². The Labute approximate surface area is 140 Å². The molecule has 6 rings (SSSR count). The van der Waals surface area contributed by atoms with E-state index in [4.69, 9.17) is 9.98 Å². The number of aliphatic imine (C=N–C) groups is 2. The van der Waals surface area contributed by atoms with E-state index >= 15 is 0 Å². The molecule has 0 amide bonds.